The number of methoxy groups -OCH3 is 2. The van der Waals surface area contributed by atoms with Gasteiger partial charge in [-0.2, -0.15) is 5.10 Å². The molecule has 0 aliphatic heterocycles. The van der Waals surface area contributed by atoms with Gasteiger partial charge in [-0.1, -0.05) is 12.1 Å². The maximum Gasteiger partial charge on any atom is 0.191 e. The molecule has 0 saturated carbocycles. The Labute approximate surface area is 153 Å². The van der Waals surface area contributed by atoms with Crippen molar-refractivity contribution in [2.75, 3.05) is 19.5 Å². The smallest absolute Gasteiger partial charge is 0.191 e. The summed E-state index contributed by atoms with van der Waals surface area (Å²) in [4.78, 5) is 0. The first kappa shape index (κ1) is 18.0. The van der Waals surface area contributed by atoms with Gasteiger partial charge in [0.05, 0.1) is 26.1 Å². The van der Waals surface area contributed by atoms with Gasteiger partial charge in [0.2, 0.25) is 0 Å². The summed E-state index contributed by atoms with van der Waals surface area (Å²) in [6, 6.07) is 10.6. The van der Waals surface area contributed by atoms with Crippen molar-refractivity contribution in [3.05, 3.63) is 46.4 Å². The minimum Gasteiger partial charge on any atom is -0.504 e. The SMILES string of the molecule is COc1cc(Br)c(/C=N\NC(=S)Nc2ccccc2OC)cc1O. The van der Waals surface area contributed by atoms with Gasteiger partial charge in [-0.25, -0.2) is 0 Å². The van der Waals surface area contributed by atoms with Crippen LogP contribution in [-0.4, -0.2) is 30.7 Å². The van der Waals surface area contributed by atoms with Crippen molar-refractivity contribution in [2.45, 2.75) is 0 Å². The molecular formula is C16H16BrN3O3S. The first-order chi connectivity index (χ1) is 11.5. The maximum atomic E-state index is 9.80. The Bertz CT molecular complexity index is 768. The number of hydrazone groups is 1. The van der Waals surface area contributed by atoms with Crippen LogP contribution >= 0.6 is 28.1 Å². The molecule has 0 bridgehead atoms. The molecule has 2 rings (SSSR count). The highest BCUT2D eigenvalue weighted by molar-refractivity contribution is 9.10. The van der Waals surface area contributed by atoms with Crippen molar-refractivity contribution in [1.82, 2.24) is 5.43 Å². The van der Waals surface area contributed by atoms with Crippen molar-refractivity contribution < 1.29 is 14.6 Å². The zero-order valence-electron chi connectivity index (χ0n) is 13.0. The van der Waals surface area contributed by atoms with Crippen LogP contribution in [0.15, 0.2) is 46.0 Å². The first-order valence-electron chi connectivity index (χ1n) is 6.84. The van der Waals surface area contributed by atoms with Crippen LogP contribution in [0, 0.1) is 0 Å². The Balaban J connectivity index is 2.01. The second-order valence-electron chi connectivity index (χ2n) is 4.57. The third kappa shape index (κ3) is 4.59. The molecule has 0 amide bonds. The number of aromatic hydroxyl groups is 1. The van der Waals surface area contributed by atoms with E-state index in [0.717, 1.165) is 10.2 Å². The van der Waals surface area contributed by atoms with Crippen molar-refractivity contribution in [1.29, 1.82) is 0 Å². The molecule has 2 aromatic carbocycles. The topological polar surface area (TPSA) is 75.1 Å². The highest BCUT2D eigenvalue weighted by Crippen LogP contribution is 2.31. The number of halogens is 1. The molecule has 0 aliphatic carbocycles. The van der Waals surface area contributed by atoms with Crippen molar-refractivity contribution in [3.63, 3.8) is 0 Å². The minimum absolute atomic E-state index is 0.0249. The lowest BCUT2D eigenvalue weighted by Crippen LogP contribution is -2.24. The average molecular weight is 410 g/mol. The van der Waals surface area contributed by atoms with E-state index in [1.165, 1.54) is 19.4 Å². The number of phenols is 1. The van der Waals surface area contributed by atoms with E-state index in [4.69, 9.17) is 21.7 Å². The van der Waals surface area contributed by atoms with Crippen molar-refractivity contribution >= 4 is 45.2 Å². The molecule has 0 heterocycles. The van der Waals surface area contributed by atoms with E-state index >= 15 is 0 Å². The summed E-state index contributed by atoms with van der Waals surface area (Å²) in [5, 5.41) is 17.1. The number of ether oxygens (including phenoxy) is 2. The number of para-hydroxylation sites is 2. The number of anilines is 1. The number of benzene rings is 2. The monoisotopic (exact) mass is 409 g/mol. The Morgan fingerprint density at radius 2 is 1.92 bits per heavy atom. The highest BCUT2D eigenvalue weighted by atomic mass is 79.9. The number of hydrogen-bond acceptors (Lipinski definition) is 5. The lowest BCUT2D eigenvalue weighted by molar-refractivity contribution is 0.373. The molecule has 24 heavy (non-hydrogen) atoms. The zero-order chi connectivity index (χ0) is 17.5. The van der Waals surface area contributed by atoms with Gasteiger partial charge >= 0.3 is 0 Å². The summed E-state index contributed by atoms with van der Waals surface area (Å²) in [5.41, 5.74) is 4.11. The van der Waals surface area contributed by atoms with Gasteiger partial charge < -0.3 is 19.9 Å². The number of nitrogens with zero attached hydrogens (tertiary/aromatic N) is 1. The molecule has 0 unspecified atom stereocenters. The van der Waals surface area contributed by atoms with Crippen LogP contribution in [-0.2, 0) is 0 Å². The Morgan fingerprint density at radius 3 is 2.62 bits per heavy atom. The standard InChI is InChI=1S/C16H16BrN3O3S/c1-22-14-6-4-3-5-12(14)19-16(24)20-18-9-10-7-13(21)15(23-2)8-11(10)17/h3-9,21H,1-2H3,(H2,19,20,24)/b18-9-. The fourth-order valence-electron chi connectivity index (χ4n) is 1.88. The minimum atomic E-state index is 0.0249. The molecule has 0 aromatic heterocycles. The van der Waals surface area contributed by atoms with Crippen LogP contribution in [0.3, 0.4) is 0 Å². The number of hydrogen-bond donors (Lipinski definition) is 3. The normalized spacial score (nSPS) is 10.5. The fraction of sp³-hybridized carbons (Fsp3) is 0.125. The number of nitrogens with one attached hydrogen (secondary N) is 2. The lowest BCUT2D eigenvalue weighted by Gasteiger charge is -2.11. The third-order valence-electron chi connectivity index (χ3n) is 3.02. The molecule has 126 valence electrons. The van der Waals surface area contributed by atoms with E-state index in [0.29, 0.717) is 22.2 Å². The average Bonchev–Trinajstić information content (AvgIpc) is 2.58. The van der Waals surface area contributed by atoms with E-state index in [1.54, 1.807) is 13.2 Å². The molecule has 0 spiro atoms. The molecule has 0 saturated heterocycles. The van der Waals surface area contributed by atoms with Gasteiger partial charge in [-0.3, -0.25) is 5.43 Å². The zero-order valence-corrected chi connectivity index (χ0v) is 15.4. The van der Waals surface area contributed by atoms with Crippen molar-refractivity contribution in [2.24, 2.45) is 5.10 Å². The van der Waals surface area contributed by atoms with Crippen LogP contribution in [0.4, 0.5) is 5.69 Å². The molecular weight excluding hydrogens is 394 g/mol. The fourth-order valence-corrected chi connectivity index (χ4v) is 2.47. The van der Waals surface area contributed by atoms with E-state index in [2.05, 4.69) is 31.8 Å². The largest absolute Gasteiger partial charge is 0.504 e. The summed E-state index contributed by atoms with van der Waals surface area (Å²) < 4.78 is 11.0. The van der Waals surface area contributed by atoms with Crippen LogP contribution in [0.25, 0.3) is 0 Å². The number of rotatable bonds is 5. The van der Waals surface area contributed by atoms with Gasteiger partial charge in [0.1, 0.15) is 5.75 Å². The van der Waals surface area contributed by atoms with Crippen LogP contribution < -0.4 is 20.2 Å². The van der Waals surface area contributed by atoms with Gasteiger partial charge in [-0.05, 0) is 52.4 Å². The van der Waals surface area contributed by atoms with Gasteiger partial charge in [-0.15, -0.1) is 0 Å². The summed E-state index contributed by atoms with van der Waals surface area (Å²) >= 11 is 8.57. The molecule has 8 heteroatoms. The molecule has 0 aliphatic rings. The summed E-state index contributed by atoms with van der Waals surface area (Å²) in [6.45, 7) is 0. The number of thiocarbonyl (C=S) groups is 1. The first-order valence-corrected chi connectivity index (χ1v) is 8.05. The molecule has 2 aromatic rings. The lowest BCUT2D eigenvalue weighted by atomic mass is 10.2. The molecule has 0 atom stereocenters. The van der Waals surface area contributed by atoms with Gasteiger partial charge in [0.15, 0.2) is 16.6 Å². The summed E-state index contributed by atoms with van der Waals surface area (Å²) in [7, 11) is 3.07. The predicted octanol–water partition coefficient (Wildman–Crippen LogP) is 3.49. The van der Waals surface area contributed by atoms with Crippen LogP contribution in [0.5, 0.6) is 17.2 Å². The van der Waals surface area contributed by atoms with Gasteiger partial charge in [0, 0.05) is 10.0 Å². The summed E-state index contributed by atoms with van der Waals surface area (Å²) in [6.07, 6.45) is 1.53. The second kappa shape index (κ2) is 8.51. The van der Waals surface area contributed by atoms with Crippen LogP contribution in [0.2, 0.25) is 0 Å². The second-order valence-corrected chi connectivity index (χ2v) is 5.83. The predicted molar refractivity (Wildman–Crippen MR) is 102 cm³/mol. The van der Waals surface area contributed by atoms with Crippen molar-refractivity contribution in [3.8, 4) is 17.2 Å². The van der Waals surface area contributed by atoms with E-state index in [1.807, 2.05) is 24.3 Å². The molecule has 0 fully saturated rings. The Kier molecular flexibility index (Phi) is 6.39. The molecule has 0 radical (unpaired) electrons. The van der Waals surface area contributed by atoms with E-state index in [9.17, 15) is 5.11 Å². The van der Waals surface area contributed by atoms with Crippen LogP contribution in [0.1, 0.15) is 5.56 Å². The Hall–Kier alpha value is -2.32. The van der Waals surface area contributed by atoms with E-state index in [-0.39, 0.29) is 5.75 Å². The number of phenolic OH excluding ortho intramolecular Hbond substituents is 1. The quantitative estimate of drug-likeness (QED) is 0.398. The third-order valence-corrected chi connectivity index (χ3v) is 3.90. The molecule has 6 nitrogen and oxygen atoms in total. The van der Waals surface area contributed by atoms with E-state index < -0.39 is 0 Å². The summed E-state index contributed by atoms with van der Waals surface area (Å²) in [5.74, 6) is 1.07. The highest BCUT2D eigenvalue weighted by Gasteiger charge is 2.07. The maximum absolute atomic E-state index is 9.80. The van der Waals surface area contributed by atoms with Gasteiger partial charge in [0.25, 0.3) is 0 Å². The Morgan fingerprint density at radius 1 is 1.21 bits per heavy atom. The molecule has 3 N–H and O–H groups in total.